The van der Waals surface area contributed by atoms with Gasteiger partial charge in [-0.3, -0.25) is 0 Å². The Kier molecular flexibility index (Phi) is 6.57. The third-order valence-corrected chi connectivity index (χ3v) is 5.56. The number of hydrogen-bond donors (Lipinski definition) is 0. The van der Waals surface area contributed by atoms with E-state index in [4.69, 9.17) is 14.2 Å². The highest BCUT2D eigenvalue weighted by Crippen LogP contribution is 2.30. The first-order valence-corrected chi connectivity index (χ1v) is 9.85. The molecule has 6 nitrogen and oxygen atoms in total. The molecule has 150 valence electrons. The predicted molar refractivity (Wildman–Crippen MR) is 107 cm³/mol. The number of methoxy groups -OCH3 is 2. The van der Waals surface area contributed by atoms with Crippen LogP contribution in [-0.4, -0.2) is 56.2 Å². The van der Waals surface area contributed by atoms with Gasteiger partial charge in [0.2, 0.25) is 0 Å². The molecule has 2 aliphatic rings. The molecule has 0 bridgehead atoms. The number of ether oxygens (including phenoxy) is 3. The molecule has 0 N–H and O–H groups in total. The van der Waals surface area contributed by atoms with E-state index >= 15 is 0 Å². The zero-order valence-electron chi connectivity index (χ0n) is 17.2. The van der Waals surface area contributed by atoms with Gasteiger partial charge in [0.05, 0.1) is 29.6 Å². The van der Waals surface area contributed by atoms with Gasteiger partial charge in [0.25, 0.3) is 0 Å². The van der Waals surface area contributed by atoms with Crippen molar-refractivity contribution in [3.05, 3.63) is 23.5 Å². The maximum atomic E-state index is 9.49. The molecule has 1 aromatic rings. The van der Waals surface area contributed by atoms with Crippen LogP contribution in [0.25, 0.3) is 0 Å². The van der Waals surface area contributed by atoms with Crippen LogP contribution in [0.2, 0.25) is 0 Å². The molecule has 3 rings (SSSR count). The molecule has 0 atom stereocenters. The van der Waals surface area contributed by atoms with Gasteiger partial charge in [-0.25, -0.2) is 4.98 Å². The van der Waals surface area contributed by atoms with Crippen LogP contribution in [0.5, 0.6) is 0 Å². The zero-order chi connectivity index (χ0) is 20.1. The number of pyridine rings is 1. The molecule has 0 amide bonds. The van der Waals surface area contributed by atoms with E-state index in [1.165, 1.54) is 0 Å². The molecule has 1 aliphatic carbocycles. The highest BCUT2D eigenvalue weighted by Gasteiger charge is 2.33. The van der Waals surface area contributed by atoms with Crippen molar-refractivity contribution >= 4 is 5.69 Å². The fourth-order valence-electron chi connectivity index (χ4n) is 3.45. The van der Waals surface area contributed by atoms with Gasteiger partial charge >= 0.3 is 0 Å². The Morgan fingerprint density at radius 3 is 2.46 bits per heavy atom. The van der Waals surface area contributed by atoms with E-state index in [1.54, 1.807) is 20.4 Å². The SMILES string of the molecule is COC1CC(OC2CCN(c3cc(C#CC(C)(C)OC)ncc3C#N)CC2)C1. The summed E-state index contributed by atoms with van der Waals surface area (Å²) in [6.07, 6.45) is 6.51. The van der Waals surface area contributed by atoms with Crippen LogP contribution in [0.3, 0.4) is 0 Å². The van der Waals surface area contributed by atoms with E-state index in [-0.39, 0.29) is 6.10 Å². The molecule has 1 aromatic heterocycles. The number of piperidine rings is 1. The minimum Gasteiger partial charge on any atom is -0.381 e. The average Bonchev–Trinajstić information content (AvgIpc) is 2.69. The Morgan fingerprint density at radius 1 is 1.14 bits per heavy atom. The summed E-state index contributed by atoms with van der Waals surface area (Å²) < 4.78 is 16.8. The van der Waals surface area contributed by atoms with Crippen LogP contribution in [0, 0.1) is 23.2 Å². The molecule has 1 saturated heterocycles. The minimum absolute atomic E-state index is 0.285. The Balaban J connectivity index is 1.63. The molecule has 28 heavy (non-hydrogen) atoms. The summed E-state index contributed by atoms with van der Waals surface area (Å²) in [5.74, 6) is 6.14. The van der Waals surface area contributed by atoms with Crippen molar-refractivity contribution in [2.45, 2.75) is 63.4 Å². The Morgan fingerprint density at radius 2 is 1.86 bits per heavy atom. The van der Waals surface area contributed by atoms with E-state index in [0.29, 0.717) is 23.5 Å². The van der Waals surface area contributed by atoms with Crippen LogP contribution in [0.15, 0.2) is 12.3 Å². The van der Waals surface area contributed by atoms with Crippen molar-refractivity contribution < 1.29 is 14.2 Å². The van der Waals surface area contributed by atoms with Gasteiger partial charge in [-0.2, -0.15) is 5.26 Å². The first-order chi connectivity index (χ1) is 13.4. The normalized spacial score (nSPS) is 22.8. The number of rotatable bonds is 5. The van der Waals surface area contributed by atoms with Crippen LogP contribution in [0.4, 0.5) is 5.69 Å². The second-order valence-corrected chi connectivity index (χ2v) is 7.94. The van der Waals surface area contributed by atoms with Gasteiger partial charge < -0.3 is 19.1 Å². The second kappa shape index (κ2) is 8.92. The van der Waals surface area contributed by atoms with Gasteiger partial charge in [0.1, 0.15) is 17.4 Å². The van der Waals surface area contributed by atoms with Crippen molar-refractivity contribution in [1.29, 1.82) is 5.26 Å². The van der Waals surface area contributed by atoms with Gasteiger partial charge in [0.15, 0.2) is 0 Å². The molecule has 0 spiro atoms. The number of nitriles is 1. The van der Waals surface area contributed by atoms with E-state index < -0.39 is 5.60 Å². The number of aromatic nitrogens is 1. The van der Waals surface area contributed by atoms with Gasteiger partial charge in [0, 0.05) is 33.5 Å². The lowest BCUT2D eigenvalue weighted by molar-refractivity contribution is -0.119. The second-order valence-electron chi connectivity index (χ2n) is 7.94. The van der Waals surface area contributed by atoms with E-state index in [0.717, 1.165) is 44.5 Å². The first-order valence-electron chi connectivity index (χ1n) is 9.85. The Hall–Kier alpha value is -2.12. The van der Waals surface area contributed by atoms with Crippen molar-refractivity contribution in [2.75, 3.05) is 32.2 Å². The predicted octanol–water partition coefficient (Wildman–Crippen LogP) is 2.89. The van der Waals surface area contributed by atoms with Gasteiger partial charge in [-0.15, -0.1) is 0 Å². The smallest absolute Gasteiger partial charge is 0.123 e. The summed E-state index contributed by atoms with van der Waals surface area (Å²) >= 11 is 0. The van der Waals surface area contributed by atoms with Crippen molar-refractivity contribution in [1.82, 2.24) is 4.98 Å². The summed E-state index contributed by atoms with van der Waals surface area (Å²) in [4.78, 5) is 6.56. The molecule has 2 fully saturated rings. The molecule has 6 heteroatoms. The minimum atomic E-state index is -0.533. The average molecular weight is 383 g/mol. The monoisotopic (exact) mass is 383 g/mol. The topological polar surface area (TPSA) is 67.6 Å². The van der Waals surface area contributed by atoms with E-state index in [1.807, 2.05) is 19.9 Å². The fraction of sp³-hybridized carbons (Fsp3) is 0.636. The molecular formula is C22H29N3O3. The molecule has 0 unspecified atom stereocenters. The van der Waals surface area contributed by atoms with Gasteiger partial charge in [-0.1, -0.05) is 5.92 Å². The lowest BCUT2D eigenvalue weighted by Gasteiger charge is -2.40. The highest BCUT2D eigenvalue weighted by molar-refractivity contribution is 5.61. The number of hydrogen-bond acceptors (Lipinski definition) is 6. The quantitative estimate of drug-likeness (QED) is 0.729. The molecular weight excluding hydrogens is 354 g/mol. The summed E-state index contributed by atoms with van der Waals surface area (Å²) in [5.41, 5.74) is 1.60. The molecule has 1 aliphatic heterocycles. The third-order valence-electron chi connectivity index (χ3n) is 5.56. The van der Waals surface area contributed by atoms with E-state index in [2.05, 4.69) is 27.8 Å². The fourth-order valence-corrected chi connectivity index (χ4v) is 3.45. The standard InChI is InChI=1S/C22H29N3O3/c1-22(2,27-4)8-5-17-11-21(16(14-23)15-24-17)25-9-6-18(7-10-25)28-20-12-19(13-20)26-3/h11,15,18-20H,6-7,9-10,12-13H2,1-4H3. The third kappa shape index (κ3) is 5.02. The molecule has 0 aromatic carbocycles. The van der Waals surface area contributed by atoms with Crippen molar-refractivity contribution in [3.8, 4) is 17.9 Å². The van der Waals surface area contributed by atoms with Crippen molar-refractivity contribution in [3.63, 3.8) is 0 Å². The summed E-state index contributed by atoms with van der Waals surface area (Å²) in [6.45, 7) is 5.54. The largest absolute Gasteiger partial charge is 0.381 e. The van der Waals surface area contributed by atoms with E-state index in [9.17, 15) is 5.26 Å². The molecule has 2 heterocycles. The first kappa shape index (κ1) is 20.6. The summed E-state index contributed by atoms with van der Waals surface area (Å²) in [7, 11) is 3.40. The van der Waals surface area contributed by atoms with Crippen LogP contribution in [-0.2, 0) is 14.2 Å². The lowest BCUT2D eigenvalue weighted by Crippen LogP contribution is -2.43. The number of nitrogens with zero attached hydrogens (tertiary/aromatic N) is 3. The molecule has 1 saturated carbocycles. The summed E-state index contributed by atoms with van der Waals surface area (Å²) in [5, 5.41) is 9.49. The lowest BCUT2D eigenvalue weighted by atomic mass is 9.91. The maximum absolute atomic E-state index is 9.49. The Bertz CT molecular complexity index is 776. The van der Waals surface area contributed by atoms with Crippen LogP contribution < -0.4 is 4.90 Å². The van der Waals surface area contributed by atoms with Crippen LogP contribution in [0.1, 0.15) is 50.8 Å². The highest BCUT2D eigenvalue weighted by atomic mass is 16.5. The van der Waals surface area contributed by atoms with Crippen molar-refractivity contribution in [2.24, 2.45) is 0 Å². The number of anilines is 1. The van der Waals surface area contributed by atoms with Gasteiger partial charge in [-0.05, 0) is 51.5 Å². The maximum Gasteiger partial charge on any atom is 0.123 e. The zero-order valence-corrected chi connectivity index (χ0v) is 17.2. The Labute approximate surface area is 167 Å². The molecule has 0 radical (unpaired) electrons. The summed E-state index contributed by atoms with van der Waals surface area (Å²) in [6, 6.07) is 4.16. The van der Waals surface area contributed by atoms with Crippen LogP contribution >= 0.6 is 0 Å².